The van der Waals surface area contributed by atoms with Crippen LogP contribution in [0.2, 0.25) is 0 Å². The number of benzene rings is 2. The van der Waals surface area contributed by atoms with E-state index in [9.17, 15) is 14.9 Å². The number of hydrogen-bond donors (Lipinski definition) is 0. The number of alkyl halides is 1. The number of fused-ring (bicyclic) bond motifs is 1. The van der Waals surface area contributed by atoms with Crippen LogP contribution < -0.4 is 0 Å². The van der Waals surface area contributed by atoms with Gasteiger partial charge in [0, 0.05) is 17.7 Å². The molecule has 1 aliphatic rings. The monoisotopic (exact) mass is 347 g/mol. The summed E-state index contributed by atoms with van der Waals surface area (Å²) in [6.45, 7) is 0. The van der Waals surface area contributed by atoms with Crippen LogP contribution in [0.3, 0.4) is 0 Å². The van der Waals surface area contributed by atoms with Gasteiger partial charge in [0.2, 0.25) is 0 Å². The summed E-state index contributed by atoms with van der Waals surface area (Å²) in [6, 6.07) is 13.4. The molecular weight excluding hydrogens is 338 g/mol. The Bertz CT molecular complexity index is 731. The summed E-state index contributed by atoms with van der Waals surface area (Å²) in [6.07, 6.45) is -0.490. The van der Waals surface area contributed by atoms with Gasteiger partial charge in [0.05, 0.1) is 15.3 Å². The second-order valence-electron chi connectivity index (χ2n) is 4.67. The Morgan fingerprint density at radius 2 is 1.95 bits per heavy atom. The van der Waals surface area contributed by atoms with E-state index in [1.54, 1.807) is 24.3 Å². The molecular formula is C15H10BrNO4. The molecule has 2 aromatic rings. The van der Waals surface area contributed by atoms with Crippen molar-refractivity contribution in [3.63, 3.8) is 0 Å². The quantitative estimate of drug-likeness (QED) is 0.365. The van der Waals surface area contributed by atoms with Crippen molar-refractivity contribution in [2.75, 3.05) is 0 Å². The molecule has 0 aliphatic carbocycles. The smallest absolute Gasteiger partial charge is 0.339 e. The Balaban J connectivity index is 1.97. The van der Waals surface area contributed by atoms with Gasteiger partial charge in [-0.25, -0.2) is 4.79 Å². The van der Waals surface area contributed by atoms with Crippen LogP contribution in [0.5, 0.6) is 0 Å². The van der Waals surface area contributed by atoms with Crippen molar-refractivity contribution in [3.8, 4) is 0 Å². The number of rotatable bonds is 3. The van der Waals surface area contributed by atoms with Gasteiger partial charge < -0.3 is 4.74 Å². The van der Waals surface area contributed by atoms with Crippen LogP contribution >= 0.6 is 15.9 Å². The van der Waals surface area contributed by atoms with E-state index >= 15 is 0 Å². The first-order chi connectivity index (χ1) is 10.1. The fraction of sp³-hybridized carbons (Fsp3) is 0.133. The Labute approximate surface area is 128 Å². The average molecular weight is 348 g/mol. The van der Waals surface area contributed by atoms with E-state index in [1.165, 1.54) is 12.1 Å². The van der Waals surface area contributed by atoms with E-state index in [-0.39, 0.29) is 16.5 Å². The summed E-state index contributed by atoms with van der Waals surface area (Å²) in [5.74, 6) is -0.370. The maximum absolute atomic E-state index is 11.8. The third kappa shape index (κ3) is 2.42. The maximum Gasteiger partial charge on any atom is 0.339 e. The molecule has 0 amide bonds. The fourth-order valence-corrected chi connectivity index (χ4v) is 3.05. The average Bonchev–Trinajstić information content (AvgIpc) is 2.84. The number of nitro groups is 1. The van der Waals surface area contributed by atoms with E-state index in [0.717, 1.165) is 5.56 Å². The van der Waals surface area contributed by atoms with Gasteiger partial charge in [-0.3, -0.25) is 10.1 Å². The lowest BCUT2D eigenvalue weighted by Gasteiger charge is -2.17. The highest BCUT2D eigenvalue weighted by molar-refractivity contribution is 9.09. The molecule has 0 N–H and O–H groups in total. The maximum atomic E-state index is 11.8. The molecule has 21 heavy (non-hydrogen) atoms. The van der Waals surface area contributed by atoms with Gasteiger partial charge in [-0.05, 0) is 11.6 Å². The molecule has 6 heteroatoms. The number of halogens is 1. The molecule has 1 heterocycles. The number of carbonyl (C=O) groups excluding carboxylic acids is 1. The van der Waals surface area contributed by atoms with E-state index < -0.39 is 11.0 Å². The molecule has 2 atom stereocenters. The van der Waals surface area contributed by atoms with Crippen molar-refractivity contribution < 1.29 is 14.5 Å². The zero-order chi connectivity index (χ0) is 15.0. The van der Waals surface area contributed by atoms with E-state index in [2.05, 4.69) is 15.9 Å². The van der Waals surface area contributed by atoms with E-state index in [0.29, 0.717) is 11.1 Å². The topological polar surface area (TPSA) is 69.4 Å². The number of nitro benzene ring substituents is 1. The Kier molecular flexibility index (Phi) is 3.47. The van der Waals surface area contributed by atoms with Crippen LogP contribution in [-0.2, 0) is 4.74 Å². The molecule has 0 saturated heterocycles. The van der Waals surface area contributed by atoms with Gasteiger partial charge >= 0.3 is 5.97 Å². The van der Waals surface area contributed by atoms with Gasteiger partial charge in [-0.1, -0.05) is 46.3 Å². The number of cyclic esters (lactones) is 1. The van der Waals surface area contributed by atoms with Gasteiger partial charge in [0.1, 0.15) is 6.10 Å². The van der Waals surface area contributed by atoms with Crippen LogP contribution in [0.4, 0.5) is 5.69 Å². The third-order valence-electron chi connectivity index (χ3n) is 3.39. The lowest BCUT2D eigenvalue weighted by Crippen LogP contribution is -2.06. The van der Waals surface area contributed by atoms with Crippen LogP contribution in [0.15, 0.2) is 48.5 Å². The highest BCUT2D eigenvalue weighted by Crippen LogP contribution is 2.44. The number of ether oxygens (including phenoxy) is 1. The van der Waals surface area contributed by atoms with Gasteiger partial charge in [-0.15, -0.1) is 0 Å². The molecule has 106 valence electrons. The number of hydrogen-bond acceptors (Lipinski definition) is 4. The van der Waals surface area contributed by atoms with Crippen LogP contribution in [-0.4, -0.2) is 10.9 Å². The molecule has 0 aromatic heterocycles. The molecule has 5 nitrogen and oxygen atoms in total. The Morgan fingerprint density at radius 3 is 2.71 bits per heavy atom. The van der Waals surface area contributed by atoms with Gasteiger partial charge in [-0.2, -0.15) is 0 Å². The summed E-state index contributed by atoms with van der Waals surface area (Å²) < 4.78 is 5.39. The van der Waals surface area contributed by atoms with Gasteiger partial charge in [0.25, 0.3) is 5.69 Å². The van der Waals surface area contributed by atoms with Crippen LogP contribution in [0, 0.1) is 10.1 Å². The molecule has 0 saturated carbocycles. The molecule has 1 aliphatic heterocycles. The second kappa shape index (κ2) is 5.29. The molecule has 0 bridgehead atoms. The third-order valence-corrected chi connectivity index (χ3v) is 4.40. The second-order valence-corrected chi connectivity index (χ2v) is 5.65. The molecule has 0 radical (unpaired) electrons. The minimum Gasteiger partial charge on any atom is -0.452 e. The van der Waals surface area contributed by atoms with Crippen LogP contribution in [0.1, 0.15) is 32.4 Å². The summed E-state index contributed by atoms with van der Waals surface area (Å²) >= 11 is 3.49. The molecule has 0 fully saturated rings. The van der Waals surface area contributed by atoms with Crippen molar-refractivity contribution >= 4 is 27.6 Å². The summed E-state index contributed by atoms with van der Waals surface area (Å²) in [7, 11) is 0. The first-order valence-corrected chi connectivity index (χ1v) is 7.18. The fourth-order valence-electron chi connectivity index (χ4n) is 2.38. The lowest BCUT2D eigenvalue weighted by molar-refractivity contribution is -0.384. The predicted octanol–water partition coefficient (Wildman–Crippen LogP) is 3.94. The molecule has 0 spiro atoms. The highest BCUT2D eigenvalue weighted by atomic mass is 79.9. The Hall–Kier alpha value is -2.21. The lowest BCUT2D eigenvalue weighted by atomic mass is 9.99. The van der Waals surface area contributed by atoms with Crippen molar-refractivity contribution in [1.82, 2.24) is 0 Å². The van der Waals surface area contributed by atoms with E-state index in [4.69, 9.17) is 4.74 Å². The highest BCUT2D eigenvalue weighted by Gasteiger charge is 2.36. The summed E-state index contributed by atoms with van der Waals surface area (Å²) in [5.41, 5.74) is 2.03. The zero-order valence-corrected chi connectivity index (χ0v) is 12.3. The SMILES string of the molecule is O=C1O[C@@H]([C@@H](Br)c2cccc([N+](=O)[O-])c2)c2ccccc21. The molecule has 0 unspecified atom stereocenters. The van der Waals surface area contributed by atoms with E-state index in [1.807, 2.05) is 12.1 Å². The van der Waals surface area contributed by atoms with Crippen molar-refractivity contribution in [3.05, 3.63) is 75.3 Å². The zero-order valence-electron chi connectivity index (χ0n) is 10.7. The first-order valence-electron chi connectivity index (χ1n) is 6.26. The minimum absolute atomic E-state index is 0.00885. The van der Waals surface area contributed by atoms with Crippen molar-refractivity contribution in [2.45, 2.75) is 10.9 Å². The Morgan fingerprint density at radius 1 is 1.19 bits per heavy atom. The van der Waals surface area contributed by atoms with Crippen molar-refractivity contribution in [2.24, 2.45) is 0 Å². The summed E-state index contributed by atoms with van der Waals surface area (Å²) in [4.78, 5) is 21.9. The largest absolute Gasteiger partial charge is 0.452 e. The molecule has 3 rings (SSSR count). The number of non-ortho nitro benzene ring substituents is 1. The summed E-state index contributed by atoms with van der Waals surface area (Å²) in [5, 5.41) is 10.9. The van der Waals surface area contributed by atoms with Gasteiger partial charge in [0.15, 0.2) is 0 Å². The normalized spacial score (nSPS) is 18.0. The predicted molar refractivity (Wildman–Crippen MR) is 79.4 cm³/mol. The van der Waals surface area contributed by atoms with Crippen LogP contribution in [0.25, 0.3) is 0 Å². The first kappa shape index (κ1) is 13.8. The number of carbonyl (C=O) groups is 1. The van der Waals surface area contributed by atoms with Crippen molar-refractivity contribution in [1.29, 1.82) is 0 Å². The standard InChI is InChI=1S/C15H10BrNO4/c16-13(9-4-3-5-10(8-9)17(19)20)14-11-6-1-2-7-12(11)15(18)21-14/h1-8,13-14H/t13-,14+/m0/s1. The number of esters is 1. The minimum atomic E-state index is -0.490. The number of nitrogens with zero attached hydrogens (tertiary/aromatic N) is 1. The molecule has 2 aromatic carbocycles.